The number of allylic oxidation sites excluding steroid dienone is 2. The topological polar surface area (TPSA) is 132 Å². The second-order valence-electron chi connectivity index (χ2n) is 26.4. The highest BCUT2D eigenvalue weighted by atomic mass is 35.5. The van der Waals surface area contributed by atoms with Crippen LogP contribution in [0.25, 0.3) is 0 Å². The molecule has 15 heteroatoms. The SMILES string of the molecule is CCCCCC/C=C\COC(=O)CCCCCCCCCC(=O)OC(CCCCCCC)CCCCCCC.CCCCCC/C=C\COC(=O)CCCCCN(CCCC(=O)OC(CCCCCCC)CCCCCCC)C(=O)SCCN(C)C.CN(C)CCS.Cl. The summed E-state index contributed by atoms with van der Waals surface area (Å²) < 4.78 is 22.5. The summed E-state index contributed by atoms with van der Waals surface area (Å²) in [6, 6.07) is 0. The van der Waals surface area contributed by atoms with Gasteiger partial charge in [-0.25, -0.2) is 0 Å². The van der Waals surface area contributed by atoms with Crippen molar-refractivity contribution in [2.75, 3.05) is 79.1 Å². The van der Waals surface area contributed by atoms with Crippen LogP contribution in [0.1, 0.15) is 356 Å². The molecule has 0 radical (unpaired) electrons. The van der Waals surface area contributed by atoms with Crippen molar-refractivity contribution in [3.8, 4) is 0 Å². The Morgan fingerprint density at radius 3 is 1.00 bits per heavy atom. The molecule has 0 heterocycles. The minimum Gasteiger partial charge on any atom is -0.462 e. The van der Waals surface area contributed by atoms with E-state index >= 15 is 0 Å². The molecule has 0 rings (SSSR count). The van der Waals surface area contributed by atoms with Crippen LogP contribution in [0.15, 0.2) is 24.3 Å². The lowest BCUT2D eigenvalue weighted by Crippen LogP contribution is -2.31. The second kappa shape index (κ2) is 80.4. The van der Waals surface area contributed by atoms with E-state index in [1.54, 1.807) is 0 Å². The molecule has 12 nitrogen and oxygen atoms in total. The van der Waals surface area contributed by atoms with Crippen molar-refractivity contribution in [2.24, 2.45) is 0 Å². The van der Waals surface area contributed by atoms with Crippen LogP contribution in [-0.2, 0) is 38.1 Å². The van der Waals surface area contributed by atoms with Crippen molar-refractivity contribution in [3.05, 3.63) is 24.3 Å². The molecule has 0 bridgehead atoms. The van der Waals surface area contributed by atoms with E-state index in [0.29, 0.717) is 58.4 Å². The van der Waals surface area contributed by atoms with Gasteiger partial charge in [0.15, 0.2) is 0 Å². The molecule has 0 aliphatic carbocycles. The highest BCUT2D eigenvalue weighted by molar-refractivity contribution is 8.13. The van der Waals surface area contributed by atoms with Gasteiger partial charge in [-0.1, -0.05) is 257 Å². The summed E-state index contributed by atoms with van der Waals surface area (Å²) in [6.45, 7) is 17.2. The lowest BCUT2D eigenvalue weighted by molar-refractivity contribution is -0.151. The first-order valence-electron chi connectivity index (χ1n) is 38.6. The third-order valence-corrected chi connectivity index (χ3v) is 17.6. The molecular formula is C78H152ClN3O9S2. The Labute approximate surface area is 591 Å². The molecular weight excluding hydrogens is 1220 g/mol. The van der Waals surface area contributed by atoms with Crippen LogP contribution in [0, 0.1) is 0 Å². The maximum Gasteiger partial charge on any atom is 0.306 e. The lowest BCUT2D eigenvalue weighted by atomic mass is 10.0. The standard InChI is InChI=1S/C39H74N2O5S.C35H66O4.C4H11NS.ClH/c1-6-9-12-15-16-19-25-34-45-37(42)29-23-20-24-31-41(39(44)47-35-33-40(4)5)32-26-30-38(43)46-36(27-21-17-13-10-7-2)28-22-18-14-11-8-3;1-4-7-10-13-17-22-27-32-38-34(36)30-25-20-15-14-16-21-26-31-35(37)39-33(28-23-18-11-8-5-2)29-24-19-12-9-6-3;1-5(2)3-4-6;/h19,25,36H,6-18,20-24,26-35H2,1-5H3;22,27,33H,4-21,23-26,28-32H2,1-3H3;6H,3-4H2,1-2H3;1H/b25-19-;27-22-;;. The van der Waals surface area contributed by atoms with Crippen LogP contribution < -0.4 is 0 Å². The number of amides is 1. The highest BCUT2D eigenvalue weighted by Gasteiger charge is 2.19. The summed E-state index contributed by atoms with van der Waals surface area (Å²) >= 11 is 5.37. The van der Waals surface area contributed by atoms with Crippen LogP contribution in [0.2, 0.25) is 0 Å². The Morgan fingerprint density at radius 1 is 0.355 bits per heavy atom. The van der Waals surface area contributed by atoms with Crippen LogP contribution in [-0.4, -0.2) is 135 Å². The fourth-order valence-electron chi connectivity index (χ4n) is 10.6. The quantitative estimate of drug-likeness (QED) is 0.0204. The number of halogens is 1. The molecule has 0 saturated carbocycles. The number of carbonyl (C=O) groups excluding carboxylic acids is 5. The van der Waals surface area contributed by atoms with Gasteiger partial charge in [-0.3, -0.25) is 24.0 Å². The van der Waals surface area contributed by atoms with E-state index < -0.39 is 0 Å². The van der Waals surface area contributed by atoms with Crippen molar-refractivity contribution in [2.45, 2.75) is 368 Å². The van der Waals surface area contributed by atoms with Crippen molar-refractivity contribution in [3.63, 3.8) is 0 Å². The number of carbonyl (C=O) groups is 5. The predicted octanol–water partition coefficient (Wildman–Crippen LogP) is 22.8. The molecule has 0 spiro atoms. The average Bonchev–Trinajstić information content (AvgIpc) is 3.57. The molecule has 93 heavy (non-hydrogen) atoms. The van der Waals surface area contributed by atoms with Gasteiger partial charge >= 0.3 is 23.9 Å². The molecule has 0 saturated heterocycles. The molecule has 0 fully saturated rings. The maximum absolute atomic E-state index is 13.1. The maximum atomic E-state index is 13.1. The molecule has 0 unspecified atom stereocenters. The van der Waals surface area contributed by atoms with Gasteiger partial charge in [0.05, 0.1) is 0 Å². The smallest absolute Gasteiger partial charge is 0.306 e. The number of thiol groups is 1. The van der Waals surface area contributed by atoms with Crippen molar-refractivity contribution >= 4 is 65.9 Å². The van der Waals surface area contributed by atoms with Crippen LogP contribution in [0.5, 0.6) is 0 Å². The third-order valence-electron chi connectivity index (χ3n) is 16.5. The Kier molecular flexibility index (Phi) is 84.0. The first kappa shape index (κ1) is 97.1. The zero-order chi connectivity index (χ0) is 68.4. The lowest BCUT2D eigenvalue weighted by Gasteiger charge is -2.23. The molecule has 0 aliphatic heterocycles. The summed E-state index contributed by atoms with van der Waals surface area (Å²) in [5.74, 6) is 1.33. The van der Waals surface area contributed by atoms with E-state index in [9.17, 15) is 24.0 Å². The number of thioether (sulfide) groups is 1. The summed E-state index contributed by atoms with van der Waals surface area (Å²) in [5.41, 5.74) is 0. The summed E-state index contributed by atoms with van der Waals surface area (Å²) in [5, 5.41) is 0.0677. The molecule has 0 atom stereocenters. The Morgan fingerprint density at radius 2 is 0.656 bits per heavy atom. The van der Waals surface area contributed by atoms with Gasteiger partial charge in [-0.15, -0.1) is 12.4 Å². The number of nitrogens with zero attached hydrogens (tertiary/aromatic N) is 3. The number of esters is 4. The van der Waals surface area contributed by atoms with E-state index in [4.69, 9.17) is 18.9 Å². The van der Waals surface area contributed by atoms with Gasteiger partial charge in [-0.2, -0.15) is 12.6 Å². The summed E-state index contributed by atoms with van der Waals surface area (Å²) in [4.78, 5) is 68.4. The monoisotopic (exact) mass is 1370 g/mol. The summed E-state index contributed by atoms with van der Waals surface area (Å²) in [6.07, 6.45) is 61.6. The van der Waals surface area contributed by atoms with Gasteiger partial charge in [0.25, 0.3) is 5.24 Å². The zero-order valence-corrected chi connectivity index (χ0v) is 65.1. The fraction of sp³-hybridized carbons (Fsp3) is 0.885. The molecule has 0 aromatic carbocycles. The Hall–Kier alpha value is -2.26. The third kappa shape index (κ3) is 80.3. The van der Waals surface area contributed by atoms with Crippen LogP contribution >= 0.6 is 36.8 Å². The van der Waals surface area contributed by atoms with Gasteiger partial charge in [0, 0.05) is 63.4 Å². The van der Waals surface area contributed by atoms with Gasteiger partial charge in [0.1, 0.15) is 25.4 Å². The van der Waals surface area contributed by atoms with Crippen LogP contribution in [0.4, 0.5) is 4.79 Å². The Balaban J connectivity index is -0.000000784. The van der Waals surface area contributed by atoms with Crippen molar-refractivity contribution in [1.29, 1.82) is 0 Å². The van der Waals surface area contributed by atoms with E-state index in [1.807, 2.05) is 45.2 Å². The van der Waals surface area contributed by atoms with E-state index in [1.165, 1.54) is 185 Å². The van der Waals surface area contributed by atoms with Gasteiger partial charge in [0.2, 0.25) is 0 Å². The van der Waals surface area contributed by atoms with E-state index in [0.717, 1.165) is 134 Å². The number of hydrogen-bond donors (Lipinski definition) is 1. The molecule has 0 aliphatic rings. The molecule has 0 aromatic heterocycles. The largest absolute Gasteiger partial charge is 0.462 e. The molecule has 0 N–H and O–H groups in total. The zero-order valence-electron chi connectivity index (χ0n) is 62.5. The fourth-order valence-corrected chi connectivity index (χ4v) is 12.0. The van der Waals surface area contributed by atoms with Crippen LogP contribution in [0.3, 0.4) is 0 Å². The average molecular weight is 1380 g/mol. The highest BCUT2D eigenvalue weighted by Crippen LogP contribution is 2.21. The Bertz CT molecular complexity index is 1630. The first-order valence-corrected chi connectivity index (χ1v) is 40.2. The number of ether oxygens (including phenoxy) is 4. The minimum atomic E-state index is -0.161. The number of hydrogen-bond acceptors (Lipinski definition) is 13. The van der Waals surface area contributed by atoms with Gasteiger partial charge in [-0.05, 0) is 137 Å². The van der Waals surface area contributed by atoms with Crippen molar-refractivity contribution < 1.29 is 42.9 Å². The summed E-state index contributed by atoms with van der Waals surface area (Å²) in [7, 11) is 8.09. The molecule has 1 amide bonds. The minimum absolute atomic E-state index is 0. The second-order valence-corrected chi connectivity index (χ2v) is 27.9. The van der Waals surface area contributed by atoms with Crippen molar-refractivity contribution in [1.82, 2.24) is 14.7 Å². The molecule has 0 aromatic rings. The first-order chi connectivity index (χ1) is 44.7. The number of rotatable bonds is 65. The van der Waals surface area contributed by atoms with Gasteiger partial charge < -0.3 is 33.6 Å². The molecule has 552 valence electrons. The number of unbranched alkanes of at least 4 members (excludes halogenated alkanes) is 32. The predicted molar refractivity (Wildman–Crippen MR) is 408 cm³/mol. The van der Waals surface area contributed by atoms with E-state index in [-0.39, 0.29) is 53.7 Å². The normalized spacial score (nSPS) is 11.3. The van der Waals surface area contributed by atoms with E-state index in [2.05, 4.69) is 76.1 Å².